The molecule has 1 aromatic carbocycles. The molecule has 0 aliphatic heterocycles. The van der Waals surface area contributed by atoms with Gasteiger partial charge in [0.2, 0.25) is 0 Å². The highest BCUT2D eigenvalue weighted by atomic mass is 35.5. The molecular formula is C13H13Cl3N4. The van der Waals surface area contributed by atoms with Crippen LogP contribution in [0.4, 0.5) is 0 Å². The number of benzene rings is 1. The molecule has 2 aromatic heterocycles. The molecule has 3 rings (SSSR count). The average Bonchev–Trinajstić information content (AvgIpc) is 3.02. The van der Waals surface area contributed by atoms with E-state index in [2.05, 4.69) is 9.97 Å². The Kier molecular flexibility index (Phi) is 6.07. The van der Waals surface area contributed by atoms with Crippen LogP contribution in [0.15, 0.2) is 55.5 Å². The predicted octanol–water partition coefficient (Wildman–Crippen LogP) is 3.61. The van der Waals surface area contributed by atoms with E-state index in [9.17, 15) is 0 Å². The topological polar surface area (TPSA) is 35.6 Å². The zero-order valence-electron chi connectivity index (χ0n) is 10.4. The Morgan fingerprint density at radius 1 is 1.05 bits per heavy atom. The van der Waals surface area contributed by atoms with Gasteiger partial charge in [-0.25, -0.2) is 9.97 Å². The number of hydrogen-bond acceptors (Lipinski definition) is 2. The molecule has 0 aliphatic rings. The Labute approximate surface area is 134 Å². The third kappa shape index (κ3) is 3.76. The average molecular weight is 332 g/mol. The Balaban J connectivity index is 0.000001000. The lowest BCUT2D eigenvalue weighted by atomic mass is 10.3. The van der Waals surface area contributed by atoms with Crippen LogP contribution in [0.5, 0.6) is 0 Å². The van der Waals surface area contributed by atoms with E-state index >= 15 is 0 Å². The van der Waals surface area contributed by atoms with Crippen LogP contribution < -0.4 is 0 Å². The molecule has 0 amide bonds. The van der Waals surface area contributed by atoms with Crippen LogP contribution in [0.25, 0.3) is 5.69 Å². The molecule has 0 radical (unpaired) electrons. The quantitative estimate of drug-likeness (QED) is 0.735. The number of halogens is 3. The first-order valence-corrected chi connectivity index (χ1v) is 5.93. The van der Waals surface area contributed by atoms with Crippen molar-refractivity contribution in [2.45, 2.75) is 6.54 Å². The third-order valence-electron chi connectivity index (χ3n) is 2.66. The van der Waals surface area contributed by atoms with Gasteiger partial charge < -0.3 is 9.13 Å². The largest absolute Gasteiger partial charge is 0.331 e. The number of aromatic nitrogens is 4. The Bertz CT molecular complexity index is 632. The van der Waals surface area contributed by atoms with Crippen molar-refractivity contribution >= 4 is 36.4 Å². The standard InChI is InChI=1S/C13H11ClN4.2ClH/c14-11-1-3-13(4-2-11)18-8-12(16-10-18)7-17-6-5-15-9-17;;/h1-6,8-10H,7H2;2*1H. The Morgan fingerprint density at radius 2 is 1.80 bits per heavy atom. The Hall–Kier alpha value is -1.49. The van der Waals surface area contributed by atoms with Gasteiger partial charge in [0, 0.05) is 29.3 Å². The van der Waals surface area contributed by atoms with E-state index in [-0.39, 0.29) is 24.8 Å². The number of hydrogen-bond donors (Lipinski definition) is 0. The Morgan fingerprint density at radius 3 is 2.45 bits per heavy atom. The van der Waals surface area contributed by atoms with Crippen molar-refractivity contribution in [1.82, 2.24) is 19.1 Å². The maximum Gasteiger partial charge on any atom is 0.0996 e. The number of imidazole rings is 2. The van der Waals surface area contributed by atoms with E-state index in [1.165, 1.54) is 0 Å². The maximum absolute atomic E-state index is 5.86. The molecule has 0 unspecified atom stereocenters. The van der Waals surface area contributed by atoms with Gasteiger partial charge in [0.25, 0.3) is 0 Å². The van der Waals surface area contributed by atoms with E-state index in [4.69, 9.17) is 11.6 Å². The van der Waals surface area contributed by atoms with Crippen molar-refractivity contribution in [2.24, 2.45) is 0 Å². The smallest absolute Gasteiger partial charge is 0.0996 e. The molecule has 0 aliphatic carbocycles. The van der Waals surface area contributed by atoms with Crippen molar-refractivity contribution < 1.29 is 0 Å². The molecule has 0 fully saturated rings. The van der Waals surface area contributed by atoms with Crippen LogP contribution >= 0.6 is 36.4 Å². The second-order valence-corrected chi connectivity index (χ2v) is 4.42. The molecule has 0 saturated carbocycles. The first-order chi connectivity index (χ1) is 8.81. The van der Waals surface area contributed by atoms with Gasteiger partial charge in [-0.2, -0.15) is 0 Å². The second kappa shape index (κ2) is 7.33. The fourth-order valence-electron chi connectivity index (χ4n) is 1.77. The van der Waals surface area contributed by atoms with Crippen LogP contribution in [0.2, 0.25) is 5.02 Å². The summed E-state index contributed by atoms with van der Waals surface area (Å²) in [6.07, 6.45) is 9.26. The van der Waals surface area contributed by atoms with Crippen LogP contribution in [-0.4, -0.2) is 19.1 Å². The van der Waals surface area contributed by atoms with Crippen molar-refractivity contribution in [3.05, 3.63) is 66.2 Å². The summed E-state index contributed by atoms with van der Waals surface area (Å²) in [4.78, 5) is 8.38. The lowest BCUT2D eigenvalue weighted by Crippen LogP contribution is -1.96. The number of nitrogens with zero attached hydrogens (tertiary/aromatic N) is 4. The summed E-state index contributed by atoms with van der Waals surface area (Å²) in [5.41, 5.74) is 2.03. The van der Waals surface area contributed by atoms with Crippen LogP contribution in [-0.2, 0) is 6.54 Å². The van der Waals surface area contributed by atoms with E-state index in [1.54, 1.807) is 18.9 Å². The maximum atomic E-state index is 5.86. The van der Waals surface area contributed by atoms with Crippen LogP contribution in [0, 0.1) is 0 Å². The van der Waals surface area contributed by atoms with Gasteiger partial charge in [0.05, 0.1) is 24.9 Å². The molecule has 0 spiro atoms. The predicted molar refractivity (Wildman–Crippen MR) is 84.4 cm³/mol. The molecule has 2 heterocycles. The molecule has 106 valence electrons. The van der Waals surface area contributed by atoms with Gasteiger partial charge in [-0.05, 0) is 24.3 Å². The van der Waals surface area contributed by atoms with Crippen molar-refractivity contribution in [2.75, 3.05) is 0 Å². The highest BCUT2D eigenvalue weighted by Gasteiger charge is 2.01. The summed E-state index contributed by atoms with van der Waals surface area (Å²) in [7, 11) is 0. The lowest BCUT2D eigenvalue weighted by Gasteiger charge is -2.01. The molecule has 7 heteroatoms. The van der Waals surface area contributed by atoms with Crippen molar-refractivity contribution in [3.63, 3.8) is 0 Å². The third-order valence-corrected chi connectivity index (χ3v) is 2.92. The molecular weight excluding hydrogens is 319 g/mol. The summed E-state index contributed by atoms with van der Waals surface area (Å²) in [6, 6.07) is 7.66. The second-order valence-electron chi connectivity index (χ2n) is 3.98. The fourth-order valence-corrected chi connectivity index (χ4v) is 1.89. The fraction of sp³-hybridized carbons (Fsp3) is 0.0769. The molecule has 4 nitrogen and oxygen atoms in total. The molecule has 0 bridgehead atoms. The summed E-state index contributed by atoms with van der Waals surface area (Å²) < 4.78 is 3.96. The van der Waals surface area contributed by atoms with Gasteiger partial charge in [-0.1, -0.05) is 11.6 Å². The first-order valence-electron chi connectivity index (χ1n) is 5.56. The zero-order valence-corrected chi connectivity index (χ0v) is 12.8. The zero-order chi connectivity index (χ0) is 12.4. The van der Waals surface area contributed by atoms with Crippen molar-refractivity contribution in [3.8, 4) is 5.69 Å². The van der Waals surface area contributed by atoms with Gasteiger partial charge in [-0.3, -0.25) is 0 Å². The van der Waals surface area contributed by atoms with Crippen LogP contribution in [0.1, 0.15) is 5.69 Å². The first kappa shape index (κ1) is 16.6. The summed E-state index contributed by atoms with van der Waals surface area (Å²) in [5.74, 6) is 0. The van der Waals surface area contributed by atoms with E-state index in [1.807, 2.05) is 45.8 Å². The summed E-state index contributed by atoms with van der Waals surface area (Å²) in [6.45, 7) is 0.723. The highest BCUT2D eigenvalue weighted by Crippen LogP contribution is 2.14. The summed E-state index contributed by atoms with van der Waals surface area (Å²) >= 11 is 5.86. The normalized spacial score (nSPS) is 9.65. The van der Waals surface area contributed by atoms with E-state index in [0.29, 0.717) is 0 Å². The highest BCUT2D eigenvalue weighted by molar-refractivity contribution is 6.30. The van der Waals surface area contributed by atoms with E-state index < -0.39 is 0 Å². The van der Waals surface area contributed by atoms with Gasteiger partial charge in [0.15, 0.2) is 0 Å². The SMILES string of the molecule is Cl.Cl.Clc1ccc(-n2cnc(Cn3ccnc3)c2)cc1. The number of rotatable bonds is 3. The molecule has 3 aromatic rings. The lowest BCUT2D eigenvalue weighted by molar-refractivity contribution is 0.778. The summed E-state index contributed by atoms with van der Waals surface area (Å²) in [5, 5.41) is 0.734. The van der Waals surface area contributed by atoms with Crippen LogP contribution in [0.3, 0.4) is 0 Å². The minimum absolute atomic E-state index is 0. The van der Waals surface area contributed by atoms with Crippen molar-refractivity contribution in [1.29, 1.82) is 0 Å². The molecule has 0 N–H and O–H groups in total. The van der Waals surface area contributed by atoms with E-state index in [0.717, 1.165) is 22.9 Å². The van der Waals surface area contributed by atoms with Gasteiger partial charge in [-0.15, -0.1) is 24.8 Å². The molecule has 20 heavy (non-hydrogen) atoms. The van der Waals surface area contributed by atoms with Gasteiger partial charge >= 0.3 is 0 Å². The molecule has 0 atom stereocenters. The monoisotopic (exact) mass is 330 g/mol. The minimum Gasteiger partial charge on any atom is -0.331 e. The minimum atomic E-state index is 0. The molecule has 0 saturated heterocycles. The van der Waals surface area contributed by atoms with Gasteiger partial charge in [0.1, 0.15) is 0 Å².